The lowest BCUT2D eigenvalue weighted by molar-refractivity contribution is 0.0939. The van der Waals surface area contributed by atoms with E-state index in [0.717, 1.165) is 30.6 Å². The standard InChI is InChI=1S/C20H22N2O2S/c1-25-16-12-10-14(11-13-16)19(23)22-18-9-5-4-8-17(18)20(24)21-15-6-2-3-7-15/h4-5,8-13,15H,2-3,6-7H2,1H3,(H,21,24)(H,22,23). The Labute approximate surface area is 152 Å². The minimum absolute atomic E-state index is 0.125. The summed E-state index contributed by atoms with van der Waals surface area (Å²) in [7, 11) is 0. The van der Waals surface area contributed by atoms with Gasteiger partial charge in [0.25, 0.3) is 11.8 Å². The first-order valence-electron chi connectivity index (χ1n) is 8.52. The number of hydrogen-bond donors (Lipinski definition) is 2. The van der Waals surface area contributed by atoms with E-state index < -0.39 is 0 Å². The van der Waals surface area contributed by atoms with Crippen LogP contribution >= 0.6 is 11.8 Å². The van der Waals surface area contributed by atoms with E-state index in [-0.39, 0.29) is 17.9 Å². The summed E-state index contributed by atoms with van der Waals surface area (Å²) in [4.78, 5) is 26.1. The van der Waals surface area contributed by atoms with Crippen LogP contribution in [0.15, 0.2) is 53.4 Å². The van der Waals surface area contributed by atoms with Crippen molar-refractivity contribution < 1.29 is 9.59 Å². The van der Waals surface area contributed by atoms with Crippen LogP contribution in [0.2, 0.25) is 0 Å². The molecule has 2 amide bonds. The van der Waals surface area contributed by atoms with Gasteiger partial charge in [-0.3, -0.25) is 9.59 Å². The predicted molar refractivity (Wildman–Crippen MR) is 102 cm³/mol. The molecule has 1 saturated carbocycles. The fraction of sp³-hybridized carbons (Fsp3) is 0.300. The lowest BCUT2D eigenvalue weighted by Crippen LogP contribution is -2.33. The summed E-state index contributed by atoms with van der Waals surface area (Å²) in [5.74, 6) is -0.339. The van der Waals surface area contributed by atoms with E-state index in [2.05, 4.69) is 10.6 Å². The van der Waals surface area contributed by atoms with Crippen LogP contribution in [0, 0.1) is 0 Å². The Balaban J connectivity index is 1.73. The number of nitrogens with one attached hydrogen (secondary N) is 2. The van der Waals surface area contributed by atoms with Crippen LogP contribution in [0.5, 0.6) is 0 Å². The number of carbonyl (C=O) groups is 2. The van der Waals surface area contributed by atoms with Gasteiger partial charge < -0.3 is 10.6 Å². The largest absolute Gasteiger partial charge is 0.349 e. The zero-order valence-electron chi connectivity index (χ0n) is 14.2. The van der Waals surface area contributed by atoms with Gasteiger partial charge in [-0.1, -0.05) is 25.0 Å². The van der Waals surface area contributed by atoms with Gasteiger partial charge in [0.05, 0.1) is 11.3 Å². The van der Waals surface area contributed by atoms with Gasteiger partial charge in [-0.15, -0.1) is 11.8 Å². The van der Waals surface area contributed by atoms with Crippen LogP contribution in [0.25, 0.3) is 0 Å². The fourth-order valence-corrected chi connectivity index (χ4v) is 3.47. The molecule has 0 aromatic heterocycles. The molecule has 0 spiro atoms. The highest BCUT2D eigenvalue weighted by atomic mass is 32.2. The molecule has 3 rings (SSSR count). The van der Waals surface area contributed by atoms with Gasteiger partial charge in [0.2, 0.25) is 0 Å². The molecule has 5 heteroatoms. The smallest absolute Gasteiger partial charge is 0.255 e. The summed E-state index contributed by atoms with van der Waals surface area (Å²) < 4.78 is 0. The number of para-hydroxylation sites is 1. The molecule has 2 N–H and O–H groups in total. The van der Waals surface area contributed by atoms with Gasteiger partial charge in [-0.25, -0.2) is 0 Å². The maximum Gasteiger partial charge on any atom is 0.255 e. The summed E-state index contributed by atoms with van der Waals surface area (Å²) in [6.45, 7) is 0. The summed E-state index contributed by atoms with van der Waals surface area (Å²) in [5, 5.41) is 5.93. The Morgan fingerprint density at radius 3 is 2.32 bits per heavy atom. The van der Waals surface area contributed by atoms with E-state index in [4.69, 9.17) is 0 Å². The molecule has 4 nitrogen and oxygen atoms in total. The van der Waals surface area contributed by atoms with Crippen molar-refractivity contribution in [2.75, 3.05) is 11.6 Å². The molecule has 25 heavy (non-hydrogen) atoms. The molecule has 0 saturated heterocycles. The average molecular weight is 354 g/mol. The molecule has 0 heterocycles. The zero-order chi connectivity index (χ0) is 17.6. The Hall–Kier alpha value is -2.27. The second-order valence-corrected chi connectivity index (χ2v) is 7.06. The molecule has 0 unspecified atom stereocenters. The minimum atomic E-state index is -0.214. The lowest BCUT2D eigenvalue weighted by Gasteiger charge is -2.15. The van der Waals surface area contributed by atoms with E-state index in [1.165, 1.54) is 0 Å². The van der Waals surface area contributed by atoms with E-state index in [9.17, 15) is 9.59 Å². The zero-order valence-corrected chi connectivity index (χ0v) is 15.1. The SMILES string of the molecule is CSc1ccc(C(=O)Nc2ccccc2C(=O)NC2CCCC2)cc1. The normalized spacial score (nSPS) is 14.3. The molecule has 1 aliphatic carbocycles. The van der Waals surface area contributed by atoms with Crippen LogP contribution in [0.4, 0.5) is 5.69 Å². The van der Waals surface area contributed by atoms with Crippen molar-refractivity contribution in [3.05, 3.63) is 59.7 Å². The van der Waals surface area contributed by atoms with Crippen LogP contribution in [-0.4, -0.2) is 24.1 Å². The first-order chi connectivity index (χ1) is 12.2. The summed E-state index contributed by atoms with van der Waals surface area (Å²) >= 11 is 1.63. The maximum atomic E-state index is 12.6. The Morgan fingerprint density at radius 2 is 1.64 bits per heavy atom. The first kappa shape index (κ1) is 17.5. The van der Waals surface area contributed by atoms with Gasteiger partial charge in [-0.05, 0) is 55.5 Å². The first-order valence-corrected chi connectivity index (χ1v) is 9.75. The molecule has 1 fully saturated rings. The van der Waals surface area contributed by atoms with Crippen LogP contribution in [0.1, 0.15) is 46.4 Å². The number of anilines is 1. The third kappa shape index (κ3) is 4.42. The monoisotopic (exact) mass is 354 g/mol. The summed E-state index contributed by atoms with van der Waals surface area (Å²) in [6.07, 6.45) is 6.38. The van der Waals surface area contributed by atoms with E-state index in [1.54, 1.807) is 36.0 Å². The van der Waals surface area contributed by atoms with Crippen molar-refractivity contribution in [2.45, 2.75) is 36.6 Å². The van der Waals surface area contributed by atoms with Crippen molar-refractivity contribution in [1.29, 1.82) is 0 Å². The molecular weight excluding hydrogens is 332 g/mol. The third-order valence-electron chi connectivity index (χ3n) is 4.46. The fourth-order valence-electron chi connectivity index (χ4n) is 3.06. The minimum Gasteiger partial charge on any atom is -0.349 e. The second kappa shape index (κ2) is 8.21. The molecule has 1 aliphatic rings. The van der Waals surface area contributed by atoms with Gasteiger partial charge in [-0.2, -0.15) is 0 Å². The van der Waals surface area contributed by atoms with Crippen molar-refractivity contribution in [1.82, 2.24) is 5.32 Å². The topological polar surface area (TPSA) is 58.2 Å². The number of hydrogen-bond acceptors (Lipinski definition) is 3. The summed E-state index contributed by atoms with van der Waals surface area (Å²) in [6, 6.07) is 14.8. The number of rotatable bonds is 5. The van der Waals surface area contributed by atoms with E-state index in [1.807, 2.05) is 30.5 Å². The quantitative estimate of drug-likeness (QED) is 0.786. The molecular formula is C20H22N2O2S. The third-order valence-corrected chi connectivity index (χ3v) is 5.21. The molecule has 2 aromatic rings. The lowest BCUT2D eigenvalue weighted by atomic mass is 10.1. The van der Waals surface area contributed by atoms with E-state index in [0.29, 0.717) is 16.8 Å². The van der Waals surface area contributed by atoms with Crippen molar-refractivity contribution >= 4 is 29.3 Å². The number of amides is 2. The number of carbonyl (C=O) groups excluding carboxylic acids is 2. The highest BCUT2D eigenvalue weighted by Crippen LogP contribution is 2.21. The van der Waals surface area contributed by atoms with Crippen molar-refractivity contribution in [3.63, 3.8) is 0 Å². The predicted octanol–water partition coefficient (Wildman–Crippen LogP) is 4.33. The van der Waals surface area contributed by atoms with Gasteiger partial charge in [0.15, 0.2) is 0 Å². The molecule has 0 aliphatic heterocycles. The Morgan fingerprint density at radius 1 is 0.960 bits per heavy atom. The molecule has 0 bridgehead atoms. The second-order valence-electron chi connectivity index (χ2n) is 6.18. The van der Waals surface area contributed by atoms with E-state index >= 15 is 0 Å². The Kier molecular flexibility index (Phi) is 5.76. The molecule has 2 aromatic carbocycles. The van der Waals surface area contributed by atoms with Gasteiger partial charge >= 0.3 is 0 Å². The number of thioether (sulfide) groups is 1. The average Bonchev–Trinajstić information content (AvgIpc) is 3.15. The summed E-state index contributed by atoms with van der Waals surface area (Å²) in [5.41, 5.74) is 1.62. The Bertz CT molecular complexity index is 753. The number of benzene rings is 2. The molecule has 0 radical (unpaired) electrons. The van der Waals surface area contributed by atoms with Gasteiger partial charge in [0, 0.05) is 16.5 Å². The van der Waals surface area contributed by atoms with Crippen molar-refractivity contribution in [3.8, 4) is 0 Å². The maximum absolute atomic E-state index is 12.6. The highest BCUT2D eigenvalue weighted by Gasteiger charge is 2.20. The molecule has 130 valence electrons. The van der Waals surface area contributed by atoms with Crippen LogP contribution < -0.4 is 10.6 Å². The van der Waals surface area contributed by atoms with Crippen LogP contribution in [-0.2, 0) is 0 Å². The molecule has 0 atom stereocenters. The van der Waals surface area contributed by atoms with Gasteiger partial charge in [0.1, 0.15) is 0 Å². The van der Waals surface area contributed by atoms with Crippen LogP contribution in [0.3, 0.4) is 0 Å². The highest BCUT2D eigenvalue weighted by molar-refractivity contribution is 7.98. The van der Waals surface area contributed by atoms with Crippen molar-refractivity contribution in [2.24, 2.45) is 0 Å².